The SMILES string of the molecule is C=NC(C=O)c1ccc(O)c(O)c1. The summed E-state index contributed by atoms with van der Waals surface area (Å²) in [6.45, 7) is 3.23. The summed E-state index contributed by atoms with van der Waals surface area (Å²) in [5.41, 5.74) is 0.500. The lowest BCUT2D eigenvalue weighted by Crippen LogP contribution is -1.95. The molecule has 1 rings (SSSR count). The normalized spacial score (nSPS) is 12.0. The van der Waals surface area contributed by atoms with Gasteiger partial charge in [0.05, 0.1) is 0 Å². The largest absolute Gasteiger partial charge is 0.504 e. The highest BCUT2D eigenvalue weighted by atomic mass is 16.3. The lowest BCUT2D eigenvalue weighted by Gasteiger charge is -2.05. The van der Waals surface area contributed by atoms with Gasteiger partial charge in [0.25, 0.3) is 0 Å². The molecule has 4 nitrogen and oxygen atoms in total. The Morgan fingerprint density at radius 3 is 2.54 bits per heavy atom. The van der Waals surface area contributed by atoms with Crippen molar-refractivity contribution in [2.45, 2.75) is 6.04 Å². The van der Waals surface area contributed by atoms with Crippen LogP contribution in [0, 0.1) is 0 Å². The number of phenols is 2. The molecule has 1 atom stereocenters. The van der Waals surface area contributed by atoms with Crippen molar-refractivity contribution < 1.29 is 15.0 Å². The van der Waals surface area contributed by atoms with E-state index in [2.05, 4.69) is 11.7 Å². The summed E-state index contributed by atoms with van der Waals surface area (Å²) < 4.78 is 0. The zero-order valence-electron chi connectivity index (χ0n) is 6.84. The number of phenolic OH excluding ortho intramolecular Hbond substituents is 2. The number of carbonyl (C=O) groups excluding carboxylic acids is 1. The fraction of sp³-hybridized carbons (Fsp3) is 0.111. The van der Waals surface area contributed by atoms with Gasteiger partial charge >= 0.3 is 0 Å². The number of hydrogen-bond donors (Lipinski definition) is 2. The first kappa shape index (κ1) is 9.25. The van der Waals surface area contributed by atoms with Crippen LogP contribution in [0.15, 0.2) is 23.2 Å². The number of rotatable bonds is 3. The number of hydrogen-bond acceptors (Lipinski definition) is 4. The van der Waals surface area contributed by atoms with Gasteiger partial charge in [-0.25, -0.2) is 0 Å². The second kappa shape index (κ2) is 3.71. The third kappa shape index (κ3) is 1.84. The monoisotopic (exact) mass is 179 g/mol. The average Bonchev–Trinajstić information content (AvgIpc) is 2.13. The van der Waals surface area contributed by atoms with Gasteiger partial charge in [-0.05, 0) is 24.4 Å². The van der Waals surface area contributed by atoms with Gasteiger partial charge in [0.2, 0.25) is 0 Å². The number of carbonyl (C=O) groups is 1. The predicted molar refractivity (Wildman–Crippen MR) is 48.1 cm³/mol. The number of benzene rings is 1. The third-order valence-corrected chi connectivity index (χ3v) is 1.67. The van der Waals surface area contributed by atoms with Crippen molar-refractivity contribution in [1.82, 2.24) is 0 Å². The number of nitrogens with zero attached hydrogens (tertiary/aromatic N) is 1. The van der Waals surface area contributed by atoms with E-state index in [4.69, 9.17) is 10.2 Å². The van der Waals surface area contributed by atoms with Gasteiger partial charge in [-0.15, -0.1) is 0 Å². The van der Waals surface area contributed by atoms with Crippen molar-refractivity contribution in [2.75, 3.05) is 0 Å². The fourth-order valence-corrected chi connectivity index (χ4v) is 0.951. The summed E-state index contributed by atoms with van der Waals surface area (Å²) in [6, 6.07) is 3.39. The van der Waals surface area contributed by atoms with E-state index >= 15 is 0 Å². The van der Waals surface area contributed by atoms with E-state index in [0.717, 1.165) is 0 Å². The van der Waals surface area contributed by atoms with Crippen LogP contribution >= 0.6 is 0 Å². The molecule has 13 heavy (non-hydrogen) atoms. The molecule has 0 saturated carbocycles. The maximum absolute atomic E-state index is 10.5. The maximum Gasteiger partial charge on any atom is 0.157 e. The Hall–Kier alpha value is -1.84. The van der Waals surface area contributed by atoms with Gasteiger partial charge in [-0.1, -0.05) is 6.07 Å². The molecule has 0 amide bonds. The quantitative estimate of drug-likeness (QED) is 0.413. The molecule has 0 aromatic heterocycles. The lowest BCUT2D eigenvalue weighted by atomic mass is 10.1. The number of aliphatic imine (C=N–C) groups is 1. The van der Waals surface area contributed by atoms with Crippen LogP contribution in [-0.2, 0) is 4.79 Å². The molecule has 0 radical (unpaired) electrons. The molecular weight excluding hydrogens is 170 g/mol. The zero-order valence-corrected chi connectivity index (χ0v) is 6.84. The fourth-order valence-electron chi connectivity index (χ4n) is 0.951. The van der Waals surface area contributed by atoms with E-state index in [-0.39, 0.29) is 11.5 Å². The molecule has 0 spiro atoms. The second-order valence-corrected chi connectivity index (χ2v) is 2.51. The summed E-state index contributed by atoms with van der Waals surface area (Å²) in [5.74, 6) is -0.495. The van der Waals surface area contributed by atoms with E-state index in [0.29, 0.717) is 11.8 Å². The highest BCUT2D eigenvalue weighted by Gasteiger charge is 2.09. The van der Waals surface area contributed by atoms with Gasteiger partial charge < -0.3 is 15.0 Å². The molecule has 4 heteroatoms. The van der Waals surface area contributed by atoms with Gasteiger partial charge in [0, 0.05) is 0 Å². The molecule has 1 unspecified atom stereocenters. The minimum absolute atomic E-state index is 0.225. The Balaban J connectivity index is 3.08. The summed E-state index contributed by atoms with van der Waals surface area (Å²) in [6.07, 6.45) is 0.610. The Kier molecular flexibility index (Phi) is 2.64. The van der Waals surface area contributed by atoms with Crippen molar-refractivity contribution >= 4 is 13.0 Å². The minimum atomic E-state index is -0.688. The average molecular weight is 179 g/mol. The van der Waals surface area contributed by atoms with Crippen LogP contribution in [0.2, 0.25) is 0 Å². The highest BCUT2D eigenvalue weighted by molar-refractivity contribution is 5.64. The van der Waals surface area contributed by atoms with Gasteiger partial charge in [-0.3, -0.25) is 4.99 Å². The molecule has 0 aliphatic rings. The van der Waals surface area contributed by atoms with Crippen LogP contribution in [-0.4, -0.2) is 23.2 Å². The second-order valence-electron chi connectivity index (χ2n) is 2.51. The van der Waals surface area contributed by atoms with E-state index in [9.17, 15) is 4.79 Å². The van der Waals surface area contributed by atoms with Crippen LogP contribution < -0.4 is 0 Å². The third-order valence-electron chi connectivity index (χ3n) is 1.67. The van der Waals surface area contributed by atoms with Crippen LogP contribution in [0.5, 0.6) is 11.5 Å². The first-order valence-corrected chi connectivity index (χ1v) is 3.62. The Morgan fingerprint density at radius 2 is 2.08 bits per heavy atom. The number of aromatic hydroxyl groups is 2. The molecule has 0 aliphatic carbocycles. The molecule has 0 fully saturated rings. The summed E-state index contributed by atoms with van der Waals surface area (Å²) in [5, 5.41) is 18.1. The summed E-state index contributed by atoms with van der Waals surface area (Å²) >= 11 is 0. The molecule has 0 bridgehead atoms. The molecular formula is C9H9NO3. The molecule has 1 aromatic rings. The highest BCUT2D eigenvalue weighted by Crippen LogP contribution is 2.28. The van der Waals surface area contributed by atoms with Crippen LogP contribution in [0.1, 0.15) is 11.6 Å². The Bertz CT molecular complexity index is 328. The van der Waals surface area contributed by atoms with Gasteiger partial charge in [0.15, 0.2) is 11.5 Å². The molecule has 0 saturated heterocycles. The van der Waals surface area contributed by atoms with E-state index in [1.807, 2.05) is 0 Å². The number of aldehydes is 1. The van der Waals surface area contributed by atoms with Gasteiger partial charge in [0.1, 0.15) is 12.3 Å². The first-order chi connectivity index (χ1) is 6.19. The van der Waals surface area contributed by atoms with Crippen LogP contribution in [0.25, 0.3) is 0 Å². The molecule has 0 aliphatic heterocycles. The van der Waals surface area contributed by atoms with Crippen molar-refractivity contribution in [2.24, 2.45) is 4.99 Å². The molecule has 1 aromatic carbocycles. The lowest BCUT2D eigenvalue weighted by molar-refractivity contribution is -0.108. The van der Waals surface area contributed by atoms with E-state index in [1.165, 1.54) is 18.2 Å². The molecule has 2 N–H and O–H groups in total. The van der Waals surface area contributed by atoms with Crippen LogP contribution in [0.3, 0.4) is 0 Å². The van der Waals surface area contributed by atoms with Crippen molar-refractivity contribution in [3.8, 4) is 11.5 Å². The maximum atomic E-state index is 10.5. The standard InChI is InChI=1S/C9H9NO3/c1-10-7(5-11)6-2-3-8(12)9(13)4-6/h2-5,7,12-13H,1H2. The smallest absolute Gasteiger partial charge is 0.157 e. The van der Waals surface area contributed by atoms with E-state index < -0.39 is 6.04 Å². The van der Waals surface area contributed by atoms with Crippen LogP contribution in [0.4, 0.5) is 0 Å². The summed E-state index contributed by atoms with van der Waals surface area (Å²) in [4.78, 5) is 14.0. The van der Waals surface area contributed by atoms with Crippen molar-refractivity contribution in [1.29, 1.82) is 0 Å². The summed E-state index contributed by atoms with van der Waals surface area (Å²) in [7, 11) is 0. The molecule has 0 heterocycles. The molecule has 68 valence electrons. The first-order valence-electron chi connectivity index (χ1n) is 3.62. The zero-order chi connectivity index (χ0) is 9.84. The predicted octanol–water partition coefficient (Wildman–Crippen LogP) is 1.04. The van der Waals surface area contributed by atoms with E-state index in [1.54, 1.807) is 0 Å². The van der Waals surface area contributed by atoms with Gasteiger partial charge in [-0.2, -0.15) is 0 Å². The van der Waals surface area contributed by atoms with Crippen molar-refractivity contribution in [3.63, 3.8) is 0 Å². The minimum Gasteiger partial charge on any atom is -0.504 e. The Morgan fingerprint density at radius 1 is 1.38 bits per heavy atom. The topological polar surface area (TPSA) is 69.9 Å². The Labute approximate surface area is 75.2 Å². The van der Waals surface area contributed by atoms with Crippen molar-refractivity contribution in [3.05, 3.63) is 23.8 Å².